The van der Waals surface area contributed by atoms with Crippen molar-refractivity contribution in [1.82, 2.24) is 0 Å². The Bertz CT molecular complexity index is 304. The molecule has 0 spiro atoms. The quantitative estimate of drug-likeness (QED) is 0.761. The van der Waals surface area contributed by atoms with Gasteiger partial charge in [0.05, 0.1) is 11.6 Å². The third kappa shape index (κ3) is 1.52. The van der Waals surface area contributed by atoms with E-state index < -0.39 is 5.60 Å². The van der Waals surface area contributed by atoms with Gasteiger partial charge in [0.1, 0.15) is 0 Å². The second-order valence-corrected chi connectivity index (χ2v) is 5.04. The summed E-state index contributed by atoms with van der Waals surface area (Å²) in [5, 5.41) is 12.1. The molecule has 1 atom stereocenters. The second kappa shape index (κ2) is 3.08. The minimum atomic E-state index is -0.618. The molecule has 1 aromatic rings. The average molecular weight is 197 g/mol. The summed E-state index contributed by atoms with van der Waals surface area (Å²) in [6.45, 7) is 2.06. The van der Waals surface area contributed by atoms with Crippen molar-refractivity contribution in [2.75, 3.05) is 0 Å². The lowest BCUT2D eigenvalue weighted by Crippen LogP contribution is -2.46. The summed E-state index contributed by atoms with van der Waals surface area (Å²) in [5.74, 6) is 0. The van der Waals surface area contributed by atoms with Crippen LogP contribution in [0.2, 0.25) is 0 Å². The van der Waals surface area contributed by atoms with Gasteiger partial charge in [-0.15, -0.1) is 11.3 Å². The van der Waals surface area contributed by atoms with E-state index in [0.29, 0.717) is 0 Å². The lowest BCUT2D eigenvalue weighted by Gasteiger charge is -2.41. The van der Waals surface area contributed by atoms with Gasteiger partial charge in [-0.3, -0.25) is 0 Å². The third-order valence-corrected chi connectivity index (χ3v) is 3.79. The first-order chi connectivity index (χ1) is 6.12. The topological polar surface area (TPSA) is 46.2 Å². The first-order valence-electron chi connectivity index (χ1n) is 4.65. The Hall–Kier alpha value is -0.380. The molecule has 0 aromatic carbocycles. The first-order valence-corrected chi connectivity index (χ1v) is 5.53. The normalized spacial score (nSPS) is 22.4. The zero-order valence-corrected chi connectivity index (χ0v) is 8.60. The fourth-order valence-corrected chi connectivity index (χ4v) is 2.53. The van der Waals surface area contributed by atoms with Crippen molar-refractivity contribution in [3.63, 3.8) is 0 Å². The molecule has 1 saturated carbocycles. The van der Waals surface area contributed by atoms with E-state index in [1.165, 1.54) is 4.88 Å². The van der Waals surface area contributed by atoms with E-state index >= 15 is 0 Å². The highest BCUT2D eigenvalue weighted by Gasteiger charge is 2.41. The third-order valence-electron chi connectivity index (χ3n) is 2.91. The maximum Gasteiger partial charge on any atom is 0.0839 e. The maximum absolute atomic E-state index is 10.0. The van der Waals surface area contributed by atoms with E-state index in [-0.39, 0.29) is 6.04 Å². The molecule has 1 heterocycles. The Balaban J connectivity index is 2.17. The van der Waals surface area contributed by atoms with Crippen molar-refractivity contribution in [3.05, 3.63) is 21.9 Å². The standard InChI is InChI=1S/C10H15NOS/c1-7-5-8(6-13-7)9(11)10(12)3-2-4-10/h5-6,9,12H,2-4,11H2,1H3. The van der Waals surface area contributed by atoms with E-state index in [4.69, 9.17) is 5.73 Å². The van der Waals surface area contributed by atoms with Gasteiger partial charge in [-0.1, -0.05) is 0 Å². The van der Waals surface area contributed by atoms with Gasteiger partial charge in [0, 0.05) is 4.88 Å². The molecule has 1 aliphatic rings. The number of thiophene rings is 1. The van der Waals surface area contributed by atoms with E-state index in [0.717, 1.165) is 24.8 Å². The number of aliphatic hydroxyl groups is 1. The van der Waals surface area contributed by atoms with Crippen LogP contribution in [-0.2, 0) is 0 Å². The van der Waals surface area contributed by atoms with Crippen LogP contribution >= 0.6 is 11.3 Å². The highest BCUT2D eigenvalue weighted by molar-refractivity contribution is 7.10. The van der Waals surface area contributed by atoms with E-state index in [1.807, 2.05) is 0 Å². The number of hydrogen-bond acceptors (Lipinski definition) is 3. The molecule has 0 radical (unpaired) electrons. The van der Waals surface area contributed by atoms with Crippen LogP contribution in [0.25, 0.3) is 0 Å². The van der Waals surface area contributed by atoms with E-state index in [1.54, 1.807) is 11.3 Å². The summed E-state index contributed by atoms with van der Waals surface area (Å²) in [4.78, 5) is 1.26. The van der Waals surface area contributed by atoms with Gasteiger partial charge in [-0.25, -0.2) is 0 Å². The Labute approximate surface area is 82.4 Å². The summed E-state index contributed by atoms with van der Waals surface area (Å²) in [5.41, 5.74) is 6.47. The van der Waals surface area contributed by atoms with Gasteiger partial charge < -0.3 is 10.8 Å². The predicted molar refractivity (Wildman–Crippen MR) is 54.8 cm³/mol. The Kier molecular flexibility index (Phi) is 2.18. The molecule has 1 fully saturated rings. The molecule has 0 amide bonds. The summed E-state index contributed by atoms with van der Waals surface area (Å²) < 4.78 is 0. The molecular weight excluding hydrogens is 182 g/mol. The lowest BCUT2D eigenvalue weighted by atomic mass is 9.73. The predicted octanol–water partition coefficient (Wildman–Crippen LogP) is 1.97. The van der Waals surface area contributed by atoms with Crippen molar-refractivity contribution in [3.8, 4) is 0 Å². The van der Waals surface area contributed by atoms with Crippen LogP contribution in [0.5, 0.6) is 0 Å². The van der Waals surface area contributed by atoms with Crippen LogP contribution in [-0.4, -0.2) is 10.7 Å². The SMILES string of the molecule is Cc1cc(C(N)C2(O)CCC2)cs1. The van der Waals surface area contributed by atoms with Crippen molar-refractivity contribution in [2.45, 2.75) is 37.8 Å². The minimum Gasteiger partial charge on any atom is -0.388 e. The molecule has 1 aliphatic carbocycles. The van der Waals surface area contributed by atoms with Gasteiger partial charge in [-0.05, 0) is 43.2 Å². The number of nitrogens with two attached hydrogens (primary N) is 1. The summed E-state index contributed by atoms with van der Waals surface area (Å²) >= 11 is 1.69. The summed E-state index contributed by atoms with van der Waals surface area (Å²) in [7, 11) is 0. The van der Waals surface area contributed by atoms with Crippen LogP contribution in [0.15, 0.2) is 11.4 Å². The van der Waals surface area contributed by atoms with Gasteiger partial charge in [0.25, 0.3) is 0 Å². The molecule has 0 saturated heterocycles. The summed E-state index contributed by atoms with van der Waals surface area (Å²) in [6.07, 6.45) is 2.81. The lowest BCUT2D eigenvalue weighted by molar-refractivity contribution is -0.0558. The molecule has 3 heteroatoms. The second-order valence-electron chi connectivity index (χ2n) is 3.93. The first kappa shape index (κ1) is 9.19. The maximum atomic E-state index is 10.0. The minimum absolute atomic E-state index is 0.189. The molecule has 0 aliphatic heterocycles. The number of aryl methyl sites for hydroxylation is 1. The molecule has 72 valence electrons. The fraction of sp³-hybridized carbons (Fsp3) is 0.600. The van der Waals surface area contributed by atoms with Crippen LogP contribution < -0.4 is 5.73 Å². The van der Waals surface area contributed by atoms with Gasteiger partial charge in [-0.2, -0.15) is 0 Å². The van der Waals surface area contributed by atoms with E-state index in [2.05, 4.69) is 18.4 Å². The molecule has 3 N–H and O–H groups in total. The van der Waals surface area contributed by atoms with Crippen molar-refractivity contribution in [1.29, 1.82) is 0 Å². The molecule has 0 bridgehead atoms. The zero-order valence-electron chi connectivity index (χ0n) is 7.79. The van der Waals surface area contributed by atoms with Crippen molar-refractivity contribution in [2.24, 2.45) is 5.73 Å². The highest BCUT2D eigenvalue weighted by Crippen LogP contribution is 2.41. The highest BCUT2D eigenvalue weighted by atomic mass is 32.1. The van der Waals surface area contributed by atoms with E-state index in [9.17, 15) is 5.11 Å². The van der Waals surface area contributed by atoms with Gasteiger partial charge >= 0.3 is 0 Å². The molecule has 1 unspecified atom stereocenters. The van der Waals surface area contributed by atoms with Crippen LogP contribution in [0.4, 0.5) is 0 Å². The zero-order chi connectivity index (χ0) is 9.47. The molecular formula is C10H15NOS. The van der Waals surface area contributed by atoms with Crippen LogP contribution in [0.3, 0.4) is 0 Å². The van der Waals surface area contributed by atoms with Crippen LogP contribution in [0, 0.1) is 6.92 Å². The van der Waals surface area contributed by atoms with Gasteiger partial charge in [0.2, 0.25) is 0 Å². The van der Waals surface area contributed by atoms with Crippen molar-refractivity contribution >= 4 is 11.3 Å². The Morgan fingerprint density at radius 2 is 2.31 bits per heavy atom. The summed E-state index contributed by atoms with van der Waals surface area (Å²) in [6, 6.07) is 1.89. The molecule has 2 nitrogen and oxygen atoms in total. The number of hydrogen-bond donors (Lipinski definition) is 2. The average Bonchev–Trinajstić information content (AvgIpc) is 2.46. The molecule has 1 aromatic heterocycles. The van der Waals surface area contributed by atoms with Gasteiger partial charge in [0.15, 0.2) is 0 Å². The smallest absolute Gasteiger partial charge is 0.0839 e. The Morgan fingerprint density at radius 1 is 1.62 bits per heavy atom. The number of rotatable bonds is 2. The fourth-order valence-electron chi connectivity index (χ4n) is 1.79. The Morgan fingerprint density at radius 3 is 2.69 bits per heavy atom. The monoisotopic (exact) mass is 197 g/mol. The molecule has 13 heavy (non-hydrogen) atoms. The van der Waals surface area contributed by atoms with Crippen molar-refractivity contribution < 1.29 is 5.11 Å². The largest absolute Gasteiger partial charge is 0.388 e. The van der Waals surface area contributed by atoms with Crippen LogP contribution in [0.1, 0.15) is 35.7 Å². The molecule has 2 rings (SSSR count).